The van der Waals surface area contributed by atoms with Crippen molar-refractivity contribution >= 4 is 28.3 Å². The van der Waals surface area contributed by atoms with Crippen molar-refractivity contribution in [2.24, 2.45) is 5.73 Å². The molecule has 0 aromatic carbocycles. The molecule has 106 valence electrons. The maximum atomic E-state index is 11.0. The standard InChI is InChI=1S/C11H17N3O4S/c1-17-10(16)3-2-8-7-19-11(14-8)13-4-5-18-6-9(12)15/h7H,2-6H2,1H3,(H2,12,15)(H,13,14). The number of primary amides is 1. The van der Waals surface area contributed by atoms with Crippen molar-refractivity contribution in [1.29, 1.82) is 0 Å². The molecular weight excluding hydrogens is 270 g/mol. The molecule has 0 aliphatic heterocycles. The van der Waals surface area contributed by atoms with Gasteiger partial charge in [0.1, 0.15) is 6.61 Å². The molecule has 0 radical (unpaired) electrons. The fourth-order valence-electron chi connectivity index (χ4n) is 1.24. The number of carbonyl (C=O) groups excluding carboxylic acids is 2. The van der Waals surface area contributed by atoms with Gasteiger partial charge in [0.2, 0.25) is 5.91 Å². The third kappa shape index (κ3) is 6.73. The van der Waals surface area contributed by atoms with Crippen LogP contribution in [0.15, 0.2) is 5.38 Å². The smallest absolute Gasteiger partial charge is 0.305 e. The van der Waals surface area contributed by atoms with Crippen molar-refractivity contribution in [3.63, 3.8) is 0 Å². The fraction of sp³-hybridized carbons (Fsp3) is 0.545. The van der Waals surface area contributed by atoms with Crippen molar-refractivity contribution in [2.45, 2.75) is 12.8 Å². The normalized spacial score (nSPS) is 10.2. The molecule has 0 saturated heterocycles. The number of anilines is 1. The number of methoxy groups -OCH3 is 1. The van der Waals surface area contributed by atoms with Gasteiger partial charge in [-0.2, -0.15) is 0 Å². The monoisotopic (exact) mass is 287 g/mol. The van der Waals surface area contributed by atoms with E-state index in [1.807, 2.05) is 5.38 Å². The van der Waals surface area contributed by atoms with Gasteiger partial charge in [-0.05, 0) is 0 Å². The molecule has 0 spiro atoms. The van der Waals surface area contributed by atoms with E-state index in [1.165, 1.54) is 18.4 Å². The average molecular weight is 287 g/mol. The second kappa shape index (κ2) is 8.44. The number of thiazole rings is 1. The summed E-state index contributed by atoms with van der Waals surface area (Å²) in [6, 6.07) is 0. The Kier molecular flexibility index (Phi) is 6.83. The van der Waals surface area contributed by atoms with Gasteiger partial charge in [-0.3, -0.25) is 9.59 Å². The zero-order valence-corrected chi connectivity index (χ0v) is 11.5. The van der Waals surface area contributed by atoms with Crippen molar-refractivity contribution in [1.82, 2.24) is 4.98 Å². The van der Waals surface area contributed by atoms with E-state index in [4.69, 9.17) is 10.5 Å². The molecule has 1 amide bonds. The number of nitrogens with two attached hydrogens (primary N) is 1. The lowest BCUT2D eigenvalue weighted by Crippen LogP contribution is -2.20. The molecule has 0 fully saturated rings. The van der Waals surface area contributed by atoms with Gasteiger partial charge in [0.25, 0.3) is 0 Å². The number of hydrogen-bond donors (Lipinski definition) is 2. The van der Waals surface area contributed by atoms with E-state index in [1.54, 1.807) is 0 Å². The van der Waals surface area contributed by atoms with E-state index in [9.17, 15) is 9.59 Å². The summed E-state index contributed by atoms with van der Waals surface area (Å²) in [5.74, 6) is -0.735. The Hall–Kier alpha value is -1.67. The number of amides is 1. The summed E-state index contributed by atoms with van der Waals surface area (Å²) in [5, 5.41) is 5.69. The molecule has 0 aliphatic carbocycles. The van der Waals surface area contributed by atoms with Crippen LogP contribution in [0.25, 0.3) is 0 Å². The number of ether oxygens (including phenoxy) is 2. The summed E-state index contributed by atoms with van der Waals surface area (Å²) >= 11 is 1.45. The van der Waals surface area contributed by atoms with E-state index in [2.05, 4.69) is 15.0 Å². The fourth-order valence-corrected chi connectivity index (χ4v) is 2.01. The minimum atomic E-state index is -0.487. The summed E-state index contributed by atoms with van der Waals surface area (Å²) in [6.07, 6.45) is 0.879. The molecule has 1 rings (SSSR count). The van der Waals surface area contributed by atoms with Crippen molar-refractivity contribution < 1.29 is 19.1 Å². The third-order valence-corrected chi connectivity index (χ3v) is 2.98. The van der Waals surface area contributed by atoms with Gasteiger partial charge >= 0.3 is 5.97 Å². The molecule has 1 aromatic heterocycles. The van der Waals surface area contributed by atoms with Crippen LogP contribution in [0.4, 0.5) is 5.13 Å². The highest BCUT2D eigenvalue weighted by Crippen LogP contribution is 2.16. The molecular formula is C11H17N3O4S. The van der Waals surface area contributed by atoms with E-state index >= 15 is 0 Å². The molecule has 0 bridgehead atoms. The predicted octanol–water partition coefficient (Wildman–Crippen LogP) is 0.162. The number of aromatic nitrogens is 1. The van der Waals surface area contributed by atoms with Gasteiger partial charge in [-0.1, -0.05) is 0 Å². The Morgan fingerprint density at radius 3 is 3.00 bits per heavy atom. The number of hydrogen-bond acceptors (Lipinski definition) is 7. The van der Waals surface area contributed by atoms with Gasteiger partial charge in [-0.15, -0.1) is 11.3 Å². The van der Waals surface area contributed by atoms with E-state index in [0.717, 1.165) is 10.8 Å². The number of rotatable bonds is 9. The highest BCUT2D eigenvalue weighted by Gasteiger charge is 2.05. The summed E-state index contributed by atoms with van der Waals surface area (Å²) in [7, 11) is 1.36. The molecule has 3 N–H and O–H groups in total. The second-order valence-corrected chi connectivity index (χ2v) is 4.52. The lowest BCUT2D eigenvalue weighted by atomic mass is 10.2. The van der Waals surface area contributed by atoms with Gasteiger partial charge < -0.3 is 20.5 Å². The molecule has 19 heavy (non-hydrogen) atoms. The quantitative estimate of drug-likeness (QED) is 0.495. The summed E-state index contributed by atoms with van der Waals surface area (Å²) in [4.78, 5) is 25.7. The Morgan fingerprint density at radius 1 is 1.53 bits per heavy atom. The van der Waals surface area contributed by atoms with Crippen LogP contribution in [0.2, 0.25) is 0 Å². The number of aryl methyl sites for hydroxylation is 1. The van der Waals surface area contributed by atoms with Crippen LogP contribution < -0.4 is 11.1 Å². The maximum Gasteiger partial charge on any atom is 0.305 e. The SMILES string of the molecule is COC(=O)CCc1csc(NCCOCC(N)=O)n1. The molecule has 0 aliphatic rings. The van der Waals surface area contributed by atoms with Crippen LogP contribution in [0.5, 0.6) is 0 Å². The maximum absolute atomic E-state index is 11.0. The van der Waals surface area contributed by atoms with E-state index in [-0.39, 0.29) is 12.6 Å². The summed E-state index contributed by atoms with van der Waals surface area (Å²) < 4.78 is 9.55. The first-order valence-corrected chi connectivity index (χ1v) is 6.61. The van der Waals surface area contributed by atoms with Crippen molar-refractivity contribution in [2.75, 3.05) is 32.2 Å². The minimum absolute atomic E-state index is 0.0794. The molecule has 8 heteroatoms. The Bertz CT molecular complexity index is 422. The predicted molar refractivity (Wildman–Crippen MR) is 71.0 cm³/mol. The van der Waals surface area contributed by atoms with Crippen LogP contribution >= 0.6 is 11.3 Å². The van der Waals surface area contributed by atoms with E-state index < -0.39 is 5.91 Å². The third-order valence-electron chi connectivity index (χ3n) is 2.13. The van der Waals surface area contributed by atoms with Crippen LogP contribution in [0.3, 0.4) is 0 Å². The van der Waals surface area contributed by atoms with Crippen LogP contribution in [-0.2, 0) is 25.5 Å². The Labute approximate surface area is 115 Å². The van der Waals surface area contributed by atoms with Crippen molar-refractivity contribution in [3.8, 4) is 0 Å². The van der Waals surface area contributed by atoms with Gasteiger partial charge in [0.05, 0.1) is 25.8 Å². The molecule has 1 heterocycles. The summed E-state index contributed by atoms with van der Waals surface area (Å²) in [5.41, 5.74) is 5.77. The minimum Gasteiger partial charge on any atom is -0.469 e. The number of nitrogens with zero attached hydrogens (tertiary/aromatic N) is 1. The first-order valence-electron chi connectivity index (χ1n) is 5.73. The second-order valence-electron chi connectivity index (χ2n) is 3.67. The highest BCUT2D eigenvalue weighted by atomic mass is 32.1. The first kappa shape index (κ1) is 15.4. The molecule has 7 nitrogen and oxygen atoms in total. The molecule has 0 saturated carbocycles. The molecule has 1 aromatic rings. The van der Waals surface area contributed by atoms with Crippen LogP contribution in [0.1, 0.15) is 12.1 Å². The Balaban J connectivity index is 2.19. The van der Waals surface area contributed by atoms with Crippen LogP contribution in [-0.4, -0.2) is 43.7 Å². The zero-order chi connectivity index (χ0) is 14.1. The average Bonchev–Trinajstić information content (AvgIpc) is 2.83. The van der Waals surface area contributed by atoms with Crippen LogP contribution in [0, 0.1) is 0 Å². The lowest BCUT2D eigenvalue weighted by Gasteiger charge is -2.02. The number of nitrogens with one attached hydrogen (secondary N) is 1. The van der Waals surface area contributed by atoms with Crippen molar-refractivity contribution in [3.05, 3.63) is 11.1 Å². The van der Waals surface area contributed by atoms with Gasteiger partial charge in [-0.25, -0.2) is 4.98 Å². The summed E-state index contributed by atoms with van der Waals surface area (Å²) in [6.45, 7) is 0.835. The Morgan fingerprint density at radius 2 is 2.32 bits per heavy atom. The zero-order valence-electron chi connectivity index (χ0n) is 10.7. The topological polar surface area (TPSA) is 104 Å². The molecule has 0 atom stereocenters. The molecule has 0 unspecified atom stereocenters. The largest absolute Gasteiger partial charge is 0.469 e. The first-order chi connectivity index (χ1) is 9.11. The number of esters is 1. The van der Waals surface area contributed by atoms with E-state index in [0.29, 0.717) is 26.0 Å². The number of carbonyl (C=O) groups is 2. The van der Waals surface area contributed by atoms with Gasteiger partial charge in [0, 0.05) is 18.3 Å². The lowest BCUT2D eigenvalue weighted by molar-refractivity contribution is -0.140. The van der Waals surface area contributed by atoms with Gasteiger partial charge in [0.15, 0.2) is 5.13 Å². The highest BCUT2D eigenvalue weighted by molar-refractivity contribution is 7.13.